The number of aliphatic hydroxyl groups excluding tert-OH is 1. The van der Waals surface area contributed by atoms with E-state index in [0.717, 1.165) is 12.1 Å². The molecule has 1 saturated heterocycles. The summed E-state index contributed by atoms with van der Waals surface area (Å²) in [6, 6.07) is 10.6. The molecule has 2 fully saturated rings. The molecule has 0 bridgehead atoms. The summed E-state index contributed by atoms with van der Waals surface area (Å²) in [6.45, 7) is 1.46. The number of hydrogen-bond acceptors (Lipinski definition) is 5. The summed E-state index contributed by atoms with van der Waals surface area (Å²) < 4.78 is 64.1. The van der Waals surface area contributed by atoms with Crippen molar-refractivity contribution in [3.05, 3.63) is 93.3 Å². The lowest BCUT2D eigenvalue weighted by molar-refractivity contribution is 0.0253. The Morgan fingerprint density at radius 3 is 2.49 bits per heavy atom. The highest BCUT2D eigenvalue weighted by atomic mass is 32.2. The molecule has 0 radical (unpaired) electrons. The topological polar surface area (TPSA) is 104 Å². The minimum atomic E-state index is -3.82. The van der Waals surface area contributed by atoms with E-state index >= 15 is 8.78 Å². The van der Waals surface area contributed by atoms with E-state index in [1.54, 1.807) is 31.2 Å². The molecule has 7 nitrogen and oxygen atoms in total. The molecule has 3 aromatic rings. The Hall–Kier alpha value is -2.82. The summed E-state index contributed by atoms with van der Waals surface area (Å²) in [6.07, 6.45) is 1.73. The van der Waals surface area contributed by atoms with Crippen LogP contribution in [-0.4, -0.2) is 35.0 Å². The van der Waals surface area contributed by atoms with Gasteiger partial charge in [-0.3, -0.25) is 4.98 Å². The molecule has 35 heavy (non-hydrogen) atoms. The van der Waals surface area contributed by atoms with Gasteiger partial charge >= 0.3 is 5.76 Å². The van der Waals surface area contributed by atoms with Crippen LogP contribution >= 0.6 is 0 Å². The fourth-order valence-corrected chi connectivity index (χ4v) is 7.60. The fourth-order valence-electron chi connectivity index (χ4n) is 5.41. The third-order valence-electron chi connectivity index (χ3n) is 7.34. The minimum absolute atomic E-state index is 0.0384. The zero-order chi connectivity index (χ0) is 25.0. The molecular weight excluding hydrogens is 478 g/mol. The van der Waals surface area contributed by atoms with Crippen LogP contribution < -0.4 is 5.76 Å². The van der Waals surface area contributed by atoms with Gasteiger partial charge in [0.15, 0.2) is 0 Å². The molecule has 2 N–H and O–H groups in total. The molecule has 2 aromatic carbocycles. The predicted molar refractivity (Wildman–Crippen MR) is 124 cm³/mol. The maximum atomic E-state index is 15.4. The van der Waals surface area contributed by atoms with Gasteiger partial charge in [-0.15, -0.1) is 0 Å². The standard InChI is InChI=1S/C25H26F2N2O5S/c1-15-7-8-22(16-5-3-2-4-6-16)35(32,33)29(15)14-17-9-21(27)19(10-20(17)26)25(11-18(30)12-25)23-13-28-24(31)34-23/h2-6,9-10,13,15,18,22,30H,7-8,11-12,14H2,1H3,(H,28,31)/t15-,18-,22+,25-/m0/s1. The Kier molecular flexibility index (Phi) is 5.93. The number of aromatic nitrogens is 1. The third kappa shape index (κ3) is 4.03. The number of aliphatic hydroxyl groups is 1. The largest absolute Gasteiger partial charge is 0.416 e. The van der Waals surface area contributed by atoms with Gasteiger partial charge in [-0.1, -0.05) is 30.3 Å². The van der Waals surface area contributed by atoms with E-state index in [1.165, 1.54) is 10.5 Å². The van der Waals surface area contributed by atoms with Gasteiger partial charge in [0.25, 0.3) is 0 Å². The van der Waals surface area contributed by atoms with Gasteiger partial charge in [-0.05, 0) is 50.3 Å². The zero-order valence-corrected chi connectivity index (χ0v) is 19.9. The highest BCUT2D eigenvalue weighted by Crippen LogP contribution is 2.50. The van der Waals surface area contributed by atoms with Crippen molar-refractivity contribution in [1.82, 2.24) is 9.29 Å². The molecule has 0 amide bonds. The fraction of sp³-hybridized carbons (Fsp3) is 0.400. The number of aromatic amines is 1. The average molecular weight is 505 g/mol. The lowest BCUT2D eigenvalue weighted by Crippen LogP contribution is -2.46. The molecule has 1 aliphatic heterocycles. The summed E-state index contributed by atoms with van der Waals surface area (Å²) in [5.41, 5.74) is -0.625. The average Bonchev–Trinajstić information content (AvgIpc) is 3.23. The van der Waals surface area contributed by atoms with Crippen molar-refractivity contribution in [1.29, 1.82) is 0 Å². The van der Waals surface area contributed by atoms with E-state index in [-0.39, 0.29) is 42.3 Å². The first-order chi connectivity index (χ1) is 16.6. The van der Waals surface area contributed by atoms with Crippen molar-refractivity contribution >= 4 is 10.0 Å². The smallest absolute Gasteiger partial charge is 0.412 e. The van der Waals surface area contributed by atoms with Crippen molar-refractivity contribution in [2.45, 2.75) is 62.0 Å². The molecule has 0 unspecified atom stereocenters. The van der Waals surface area contributed by atoms with Crippen LogP contribution in [0.4, 0.5) is 8.78 Å². The maximum Gasteiger partial charge on any atom is 0.416 e. The summed E-state index contributed by atoms with van der Waals surface area (Å²) >= 11 is 0. The summed E-state index contributed by atoms with van der Waals surface area (Å²) in [5, 5.41) is 9.18. The van der Waals surface area contributed by atoms with Crippen LogP contribution in [0.15, 0.2) is 57.9 Å². The molecule has 0 spiro atoms. The number of benzene rings is 2. The maximum absolute atomic E-state index is 15.4. The number of H-pyrrole nitrogens is 1. The van der Waals surface area contributed by atoms with Gasteiger partial charge in [0.2, 0.25) is 10.0 Å². The van der Waals surface area contributed by atoms with Gasteiger partial charge in [0.05, 0.1) is 11.5 Å². The highest BCUT2D eigenvalue weighted by molar-refractivity contribution is 7.89. The van der Waals surface area contributed by atoms with E-state index in [2.05, 4.69) is 4.98 Å². The number of rotatable bonds is 5. The van der Waals surface area contributed by atoms with Crippen LogP contribution in [0.1, 0.15) is 60.3 Å². The Labute approximate surface area is 201 Å². The number of hydrogen-bond donors (Lipinski definition) is 2. The number of nitrogens with zero attached hydrogens (tertiary/aromatic N) is 1. The van der Waals surface area contributed by atoms with Gasteiger partial charge in [0, 0.05) is 29.9 Å². The van der Waals surface area contributed by atoms with E-state index in [1.807, 2.05) is 6.07 Å². The lowest BCUT2D eigenvalue weighted by Gasteiger charge is -2.44. The first-order valence-corrected chi connectivity index (χ1v) is 13.0. The Balaban J connectivity index is 1.48. The first-order valence-electron chi connectivity index (χ1n) is 11.5. The van der Waals surface area contributed by atoms with Gasteiger partial charge < -0.3 is 9.52 Å². The first kappa shape index (κ1) is 23.9. The molecule has 1 aromatic heterocycles. The second-order valence-corrected chi connectivity index (χ2v) is 11.6. The molecule has 1 aliphatic carbocycles. The van der Waals surface area contributed by atoms with Crippen LogP contribution in [0.25, 0.3) is 0 Å². The van der Waals surface area contributed by atoms with Crippen molar-refractivity contribution in [3.63, 3.8) is 0 Å². The Morgan fingerprint density at radius 2 is 1.86 bits per heavy atom. The number of oxazole rings is 1. The van der Waals surface area contributed by atoms with Crippen molar-refractivity contribution in [3.8, 4) is 0 Å². The normalized spacial score (nSPS) is 28.5. The van der Waals surface area contributed by atoms with Crippen LogP contribution in [0.3, 0.4) is 0 Å². The van der Waals surface area contributed by atoms with Crippen LogP contribution in [0.5, 0.6) is 0 Å². The number of halogens is 2. The lowest BCUT2D eigenvalue weighted by atomic mass is 9.61. The van der Waals surface area contributed by atoms with Crippen molar-refractivity contribution < 1.29 is 26.7 Å². The third-order valence-corrected chi connectivity index (χ3v) is 9.71. The quantitative estimate of drug-likeness (QED) is 0.551. The Bertz CT molecular complexity index is 1400. The molecule has 2 atom stereocenters. The van der Waals surface area contributed by atoms with Crippen LogP contribution in [0, 0.1) is 11.6 Å². The monoisotopic (exact) mass is 504 g/mol. The number of nitrogens with one attached hydrogen (secondary N) is 1. The molecule has 186 valence electrons. The molecule has 2 heterocycles. The van der Waals surface area contributed by atoms with E-state index in [0.29, 0.717) is 18.4 Å². The van der Waals surface area contributed by atoms with E-state index in [4.69, 9.17) is 4.42 Å². The molecule has 2 aliphatic rings. The summed E-state index contributed by atoms with van der Waals surface area (Å²) in [7, 11) is -3.82. The van der Waals surface area contributed by atoms with Crippen molar-refractivity contribution in [2.75, 3.05) is 0 Å². The highest BCUT2D eigenvalue weighted by Gasteiger charge is 2.51. The molecule has 1 saturated carbocycles. The molecule has 5 rings (SSSR count). The van der Waals surface area contributed by atoms with Crippen LogP contribution in [-0.2, 0) is 22.0 Å². The minimum Gasteiger partial charge on any atom is -0.412 e. The van der Waals surface area contributed by atoms with Gasteiger partial charge in [0.1, 0.15) is 22.6 Å². The van der Waals surface area contributed by atoms with Crippen LogP contribution in [0.2, 0.25) is 0 Å². The van der Waals surface area contributed by atoms with E-state index in [9.17, 15) is 18.3 Å². The SMILES string of the molecule is C[C@H]1CC[C@H](c2ccccc2)S(=O)(=O)N1Cc1cc(F)c([C@]2(c3c[nH]c(=O)o3)C[C@H](O)C2)cc1F. The number of sulfonamides is 1. The Morgan fingerprint density at radius 1 is 1.14 bits per heavy atom. The second-order valence-electron chi connectivity index (χ2n) is 9.53. The molecule has 10 heteroatoms. The predicted octanol–water partition coefficient (Wildman–Crippen LogP) is 3.74. The molecular formula is C25H26F2N2O5S. The van der Waals surface area contributed by atoms with Gasteiger partial charge in [-0.25, -0.2) is 22.0 Å². The second kappa shape index (κ2) is 8.69. The van der Waals surface area contributed by atoms with Crippen molar-refractivity contribution in [2.24, 2.45) is 0 Å². The van der Waals surface area contributed by atoms with E-state index < -0.39 is 44.2 Å². The van der Waals surface area contributed by atoms with Gasteiger partial charge in [-0.2, -0.15) is 4.31 Å². The summed E-state index contributed by atoms with van der Waals surface area (Å²) in [4.78, 5) is 13.9. The summed E-state index contributed by atoms with van der Waals surface area (Å²) in [5.74, 6) is -2.12. The zero-order valence-electron chi connectivity index (χ0n) is 19.1.